The van der Waals surface area contributed by atoms with Gasteiger partial charge in [-0.05, 0) is 6.92 Å². The molecule has 0 amide bonds. The van der Waals surface area contributed by atoms with Crippen LogP contribution in [0.25, 0.3) is 11.2 Å². The van der Waals surface area contributed by atoms with Gasteiger partial charge in [0.25, 0.3) is 5.56 Å². The number of ether oxygens (including phenoxy) is 4. The fourth-order valence-corrected chi connectivity index (χ4v) is 3.10. The van der Waals surface area contributed by atoms with Crippen molar-refractivity contribution in [2.24, 2.45) is 0 Å². The Labute approximate surface area is 166 Å². The van der Waals surface area contributed by atoms with Crippen LogP contribution < -0.4 is 5.56 Å². The Morgan fingerprint density at radius 3 is 2.57 bits per heavy atom. The second kappa shape index (κ2) is 8.02. The van der Waals surface area contributed by atoms with Crippen LogP contribution in [0.5, 0.6) is 0 Å². The van der Waals surface area contributed by atoms with E-state index in [-0.39, 0.29) is 17.0 Å². The van der Waals surface area contributed by atoms with Crippen molar-refractivity contribution in [2.75, 3.05) is 6.61 Å². The van der Waals surface area contributed by atoms with E-state index in [4.69, 9.17) is 14.2 Å². The van der Waals surface area contributed by atoms with Gasteiger partial charge in [0.05, 0.1) is 6.33 Å². The summed E-state index contributed by atoms with van der Waals surface area (Å²) < 4.78 is 60.0. The average Bonchev–Trinajstić information content (AvgIpc) is 3.14. The molecule has 0 bridgehead atoms. The Balaban J connectivity index is 2.07. The Morgan fingerprint density at radius 1 is 1.27 bits per heavy atom. The molecule has 1 aliphatic heterocycles. The monoisotopic (exact) mass is 434 g/mol. The third kappa shape index (κ3) is 4.59. The molecule has 0 radical (unpaired) electrons. The number of alkyl halides is 3. The maximum absolute atomic E-state index is 13.1. The molecule has 3 heterocycles. The van der Waals surface area contributed by atoms with E-state index in [1.807, 2.05) is 0 Å². The topological polar surface area (TPSA) is 135 Å². The average molecular weight is 434 g/mol. The van der Waals surface area contributed by atoms with Crippen LogP contribution in [0.2, 0.25) is 0 Å². The van der Waals surface area contributed by atoms with Crippen LogP contribution in [-0.4, -0.2) is 62.7 Å². The maximum atomic E-state index is 13.1. The molecular weight excluding hydrogens is 417 g/mol. The fourth-order valence-electron chi connectivity index (χ4n) is 3.10. The highest BCUT2D eigenvalue weighted by atomic mass is 19.4. The summed E-state index contributed by atoms with van der Waals surface area (Å²) in [7, 11) is 0. The van der Waals surface area contributed by atoms with Gasteiger partial charge in [-0.15, -0.1) is 13.2 Å². The Bertz CT molecular complexity index is 1020. The number of H-pyrrole nitrogens is 1. The van der Waals surface area contributed by atoms with Crippen molar-refractivity contribution in [1.82, 2.24) is 19.5 Å². The van der Waals surface area contributed by atoms with Gasteiger partial charge in [0.1, 0.15) is 18.5 Å². The lowest BCUT2D eigenvalue weighted by Gasteiger charge is -2.25. The summed E-state index contributed by atoms with van der Waals surface area (Å²) in [5.74, 6) is -1.42. The molecular formula is C16H17F3N4O7. The van der Waals surface area contributed by atoms with E-state index < -0.39 is 55.0 Å². The lowest BCUT2D eigenvalue weighted by atomic mass is 10.1. The van der Waals surface area contributed by atoms with Crippen molar-refractivity contribution < 1.29 is 41.7 Å². The summed E-state index contributed by atoms with van der Waals surface area (Å²) in [5, 5.41) is 0. The van der Waals surface area contributed by atoms with Crippen molar-refractivity contribution in [3.05, 3.63) is 22.5 Å². The number of hydrogen-bond donors (Lipinski definition) is 1. The highest BCUT2D eigenvalue weighted by molar-refractivity contribution is 5.69. The van der Waals surface area contributed by atoms with Gasteiger partial charge in [-0.25, -0.2) is 9.97 Å². The molecule has 0 saturated carbocycles. The van der Waals surface area contributed by atoms with Gasteiger partial charge in [-0.3, -0.25) is 23.7 Å². The van der Waals surface area contributed by atoms with Crippen molar-refractivity contribution in [1.29, 1.82) is 0 Å². The van der Waals surface area contributed by atoms with Crippen LogP contribution >= 0.6 is 0 Å². The minimum atomic E-state index is -5.11. The molecule has 1 fully saturated rings. The Morgan fingerprint density at radius 2 is 1.97 bits per heavy atom. The number of aromatic amines is 1. The number of aryl methyl sites for hydroxylation is 1. The predicted molar refractivity (Wildman–Crippen MR) is 89.9 cm³/mol. The summed E-state index contributed by atoms with van der Waals surface area (Å²) in [4.78, 5) is 45.0. The van der Waals surface area contributed by atoms with E-state index in [0.29, 0.717) is 0 Å². The first-order chi connectivity index (χ1) is 14.0. The summed E-state index contributed by atoms with van der Waals surface area (Å²) in [5.41, 5.74) is -0.801. The van der Waals surface area contributed by atoms with Crippen LogP contribution in [0, 0.1) is 6.92 Å². The normalized spacial score (nSPS) is 24.2. The van der Waals surface area contributed by atoms with Gasteiger partial charge in [0.15, 0.2) is 29.6 Å². The van der Waals surface area contributed by atoms with Crippen LogP contribution in [0.3, 0.4) is 0 Å². The molecule has 3 rings (SSSR count). The summed E-state index contributed by atoms with van der Waals surface area (Å²) >= 11 is 0. The third-order valence-electron chi connectivity index (χ3n) is 4.13. The molecule has 0 aliphatic carbocycles. The Kier molecular flexibility index (Phi) is 5.81. The minimum absolute atomic E-state index is 0.0632. The highest BCUT2D eigenvalue weighted by Gasteiger charge is 2.53. The number of esters is 2. The minimum Gasteiger partial charge on any atom is -0.463 e. The van der Waals surface area contributed by atoms with E-state index >= 15 is 0 Å². The number of nitrogens with one attached hydrogen (secondary N) is 1. The molecule has 14 heteroatoms. The van der Waals surface area contributed by atoms with Crippen LogP contribution in [0.1, 0.15) is 25.9 Å². The van der Waals surface area contributed by atoms with Gasteiger partial charge in [0.2, 0.25) is 0 Å². The van der Waals surface area contributed by atoms with Crippen molar-refractivity contribution >= 4 is 23.1 Å². The second-order valence-electron chi connectivity index (χ2n) is 6.45. The van der Waals surface area contributed by atoms with Gasteiger partial charge >= 0.3 is 18.3 Å². The molecule has 11 nitrogen and oxygen atoms in total. The standard InChI is InChI=1S/C16H17F3N4O7/c1-6-21-13-10(14(26)22-6)20-5-23(13)15-12(30-16(17,18)19)11(28-8(3)25)9(29-15)4-27-7(2)24/h5,9,11-12,15H,4H2,1-3H3,(H,21,22,26)/t9-,11+,12?,15-/m1/s1. The number of carbonyl (C=O) groups excluding carboxylic acids is 2. The zero-order valence-corrected chi connectivity index (χ0v) is 15.9. The number of aromatic nitrogens is 4. The third-order valence-corrected chi connectivity index (χ3v) is 4.13. The Hall–Kier alpha value is -3.00. The fraction of sp³-hybridized carbons (Fsp3) is 0.562. The maximum Gasteiger partial charge on any atom is 0.523 e. The number of nitrogens with zero attached hydrogens (tertiary/aromatic N) is 3. The zero-order chi connectivity index (χ0) is 22.2. The van der Waals surface area contributed by atoms with E-state index in [1.165, 1.54) is 6.92 Å². The predicted octanol–water partition coefficient (Wildman–Crippen LogP) is 0.725. The van der Waals surface area contributed by atoms with Crippen LogP contribution in [-0.2, 0) is 28.5 Å². The second-order valence-corrected chi connectivity index (χ2v) is 6.45. The summed E-state index contributed by atoms with van der Waals surface area (Å²) in [6.45, 7) is 3.07. The van der Waals surface area contributed by atoms with E-state index in [2.05, 4.69) is 19.7 Å². The first-order valence-corrected chi connectivity index (χ1v) is 8.60. The molecule has 1 aliphatic rings. The molecule has 1 unspecified atom stereocenters. The van der Waals surface area contributed by atoms with Gasteiger partial charge < -0.3 is 19.2 Å². The number of rotatable bonds is 5. The smallest absolute Gasteiger partial charge is 0.463 e. The van der Waals surface area contributed by atoms with Crippen molar-refractivity contribution in [3.8, 4) is 0 Å². The first kappa shape index (κ1) is 21.7. The summed E-state index contributed by atoms with van der Waals surface area (Å²) in [6, 6.07) is 0. The number of fused-ring (bicyclic) bond motifs is 1. The van der Waals surface area contributed by atoms with Crippen molar-refractivity contribution in [3.63, 3.8) is 0 Å². The van der Waals surface area contributed by atoms with Crippen LogP contribution in [0.4, 0.5) is 13.2 Å². The molecule has 1 saturated heterocycles. The molecule has 0 spiro atoms. The van der Waals surface area contributed by atoms with Crippen molar-refractivity contribution in [2.45, 2.75) is 51.7 Å². The van der Waals surface area contributed by atoms with Gasteiger partial charge in [0, 0.05) is 13.8 Å². The molecule has 4 atom stereocenters. The quantitative estimate of drug-likeness (QED) is 0.676. The number of imidazole rings is 1. The first-order valence-electron chi connectivity index (χ1n) is 8.60. The number of hydrogen-bond acceptors (Lipinski definition) is 9. The number of halogens is 3. The number of carbonyl (C=O) groups is 2. The molecule has 1 N–H and O–H groups in total. The largest absolute Gasteiger partial charge is 0.523 e. The molecule has 0 aromatic carbocycles. The zero-order valence-electron chi connectivity index (χ0n) is 15.9. The van der Waals surface area contributed by atoms with E-state index in [9.17, 15) is 27.6 Å². The molecule has 2 aromatic rings. The van der Waals surface area contributed by atoms with E-state index in [0.717, 1.165) is 24.7 Å². The van der Waals surface area contributed by atoms with E-state index in [1.54, 1.807) is 0 Å². The SMILES string of the molecule is CC(=O)OC[C@H]1O[C@@H](n2cnc3c(=O)[nH]c(C)nc32)C(OC(F)(F)F)[C@H]1OC(C)=O. The van der Waals surface area contributed by atoms with Gasteiger partial charge in [-0.1, -0.05) is 0 Å². The summed E-state index contributed by atoms with van der Waals surface area (Å²) in [6.07, 6.45) is -10.4. The molecule has 30 heavy (non-hydrogen) atoms. The lowest BCUT2D eigenvalue weighted by Crippen LogP contribution is -2.42. The molecule has 2 aromatic heterocycles. The lowest BCUT2D eigenvalue weighted by molar-refractivity contribution is -0.355. The highest BCUT2D eigenvalue weighted by Crippen LogP contribution is 2.38. The van der Waals surface area contributed by atoms with Gasteiger partial charge in [-0.2, -0.15) is 0 Å². The van der Waals surface area contributed by atoms with Crippen LogP contribution in [0.15, 0.2) is 11.1 Å². The molecule has 164 valence electrons.